The molecule has 0 aliphatic carbocycles. The van der Waals surface area contributed by atoms with Gasteiger partial charge in [-0.25, -0.2) is 8.42 Å². The minimum atomic E-state index is -3.67. The molecule has 2 aromatic rings. The largest absolute Gasteiger partial charge is 0.496 e. The van der Waals surface area contributed by atoms with Gasteiger partial charge in [-0.05, 0) is 32.0 Å². The molecule has 0 saturated carbocycles. The summed E-state index contributed by atoms with van der Waals surface area (Å²) in [6, 6.07) is 13.6. The molecule has 2 rings (SSSR count). The lowest BCUT2D eigenvalue weighted by atomic mass is 10.1. The molecule has 1 unspecified atom stereocenters. The van der Waals surface area contributed by atoms with Gasteiger partial charge in [0, 0.05) is 11.6 Å². The number of hydrogen-bond donors (Lipinski definition) is 1. The highest BCUT2D eigenvalue weighted by atomic mass is 32.2. The van der Waals surface area contributed by atoms with Crippen LogP contribution < -0.4 is 19.1 Å². The Bertz CT molecular complexity index is 914. The Balaban J connectivity index is 2.19. The lowest BCUT2D eigenvalue weighted by Crippen LogP contribution is -2.41. The number of amides is 1. The second-order valence-corrected chi connectivity index (χ2v) is 8.14. The third-order valence-electron chi connectivity index (χ3n) is 4.09. The molecule has 2 aromatic carbocycles. The van der Waals surface area contributed by atoms with E-state index >= 15 is 0 Å². The zero-order chi connectivity index (χ0) is 20.7. The molecule has 28 heavy (non-hydrogen) atoms. The number of benzene rings is 2. The fourth-order valence-electron chi connectivity index (χ4n) is 2.81. The quantitative estimate of drug-likeness (QED) is 0.692. The number of anilines is 1. The first-order valence-corrected chi connectivity index (χ1v) is 10.7. The normalized spacial score (nSPS) is 12.1. The Morgan fingerprint density at radius 3 is 2.54 bits per heavy atom. The van der Waals surface area contributed by atoms with Gasteiger partial charge in [-0.1, -0.05) is 24.3 Å². The first kappa shape index (κ1) is 21.6. The van der Waals surface area contributed by atoms with E-state index in [-0.39, 0.29) is 12.6 Å². The molecule has 0 bridgehead atoms. The molecule has 0 fully saturated rings. The van der Waals surface area contributed by atoms with Crippen molar-refractivity contribution in [2.75, 3.05) is 30.8 Å². The van der Waals surface area contributed by atoms with Crippen molar-refractivity contribution in [2.45, 2.75) is 19.9 Å². The summed E-state index contributed by atoms with van der Waals surface area (Å²) in [5, 5.41) is 2.83. The van der Waals surface area contributed by atoms with Crippen molar-refractivity contribution < 1.29 is 22.7 Å². The van der Waals surface area contributed by atoms with Gasteiger partial charge in [0.1, 0.15) is 18.0 Å². The molecule has 1 atom stereocenters. The zero-order valence-corrected chi connectivity index (χ0v) is 17.3. The van der Waals surface area contributed by atoms with Crippen LogP contribution >= 0.6 is 0 Å². The average Bonchev–Trinajstić information content (AvgIpc) is 2.65. The first-order valence-electron chi connectivity index (χ1n) is 8.89. The van der Waals surface area contributed by atoms with Crippen molar-refractivity contribution in [2.24, 2.45) is 0 Å². The van der Waals surface area contributed by atoms with Crippen LogP contribution in [0.1, 0.15) is 25.5 Å². The van der Waals surface area contributed by atoms with Gasteiger partial charge < -0.3 is 14.8 Å². The summed E-state index contributed by atoms with van der Waals surface area (Å²) in [6.45, 7) is 3.77. The highest BCUT2D eigenvalue weighted by molar-refractivity contribution is 7.92. The summed E-state index contributed by atoms with van der Waals surface area (Å²) in [6.07, 6.45) is 1.07. The van der Waals surface area contributed by atoms with Gasteiger partial charge in [0.2, 0.25) is 15.9 Å². The monoisotopic (exact) mass is 406 g/mol. The molecule has 0 spiro atoms. The Kier molecular flexibility index (Phi) is 7.28. The number of nitrogens with zero attached hydrogens (tertiary/aromatic N) is 1. The average molecular weight is 407 g/mol. The Hall–Kier alpha value is -2.74. The minimum absolute atomic E-state index is 0.339. The second kappa shape index (κ2) is 9.45. The van der Waals surface area contributed by atoms with Crippen molar-refractivity contribution in [3.8, 4) is 11.5 Å². The number of rotatable bonds is 9. The van der Waals surface area contributed by atoms with Crippen LogP contribution in [-0.2, 0) is 14.8 Å². The summed E-state index contributed by atoms with van der Waals surface area (Å²) in [7, 11) is -2.11. The van der Waals surface area contributed by atoms with Crippen LogP contribution in [-0.4, -0.2) is 40.8 Å². The van der Waals surface area contributed by atoms with E-state index in [1.807, 2.05) is 32.0 Å². The molecule has 7 nitrogen and oxygen atoms in total. The van der Waals surface area contributed by atoms with Crippen LogP contribution in [0.2, 0.25) is 0 Å². The van der Waals surface area contributed by atoms with E-state index in [4.69, 9.17) is 9.47 Å². The van der Waals surface area contributed by atoms with Crippen LogP contribution in [0.4, 0.5) is 5.69 Å². The highest BCUT2D eigenvalue weighted by Crippen LogP contribution is 2.25. The number of carbonyl (C=O) groups is 1. The second-order valence-electron chi connectivity index (χ2n) is 6.23. The number of sulfonamides is 1. The number of nitrogens with one attached hydrogen (secondary N) is 1. The summed E-state index contributed by atoms with van der Waals surface area (Å²) >= 11 is 0. The zero-order valence-electron chi connectivity index (χ0n) is 16.5. The van der Waals surface area contributed by atoms with Crippen LogP contribution in [0.5, 0.6) is 11.5 Å². The lowest BCUT2D eigenvalue weighted by Gasteiger charge is -2.24. The Morgan fingerprint density at radius 1 is 1.18 bits per heavy atom. The van der Waals surface area contributed by atoms with E-state index in [1.54, 1.807) is 37.4 Å². The maximum atomic E-state index is 12.6. The number of hydrogen-bond acceptors (Lipinski definition) is 5. The molecule has 8 heteroatoms. The van der Waals surface area contributed by atoms with Gasteiger partial charge in [0.05, 0.1) is 31.7 Å². The van der Waals surface area contributed by atoms with Crippen molar-refractivity contribution in [3.63, 3.8) is 0 Å². The first-order chi connectivity index (χ1) is 13.3. The SMILES string of the molecule is CCOc1cccc(N(CC(=O)NC(C)c2ccccc2OC)S(C)(=O)=O)c1. The fourth-order valence-corrected chi connectivity index (χ4v) is 3.66. The van der Waals surface area contributed by atoms with Gasteiger partial charge in [-0.2, -0.15) is 0 Å². The maximum Gasteiger partial charge on any atom is 0.241 e. The molecule has 1 amide bonds. The van der Waals surface area contributed by atoms with Gasteiger partial charge in [-0.15, -0.1) is 0 Å². The Morgan fingerprint density at radius 2 is 1.89 bits per heavy atom. The van der Waals surface area contributed by atoms with E-state index in [1.165, 1.54) is 0 Å². The van der Waals surface area contributed by atoms with Crippen molar-refractivity contribution >= 4 is 21.6 Å². The molecule has 1 N–H and O–H groups in total. The predicted octanol–water partition coefficient (Wildman–Crippen LogP) is 2.74. The summed E-state index contributed by atoms with van der Waals surface area (Å²) in [4.78, 5) is 12.6. The van der Waals surface area contributed by atoms with Gasteiger partial charge in [0.25, 0.3) is 0 Å². The van der Waals surface area contributed by atoms with Crippen LogP contribution in [0.3, 0.4) is 0 Å². The smallest absolute Gasteiger partial charge is 0.241 e. The predicted molar refractivity (Wildman–Crippen MR) is 109 cm³/mol. The maximum absolute atomic E-state index is 12.6. The van der Waals surface area contributed by atoms with Gasteiger partial charge in [-0.3, -0.25) is 9.10 Å². The van der Waals surface area contributed by atoms with Crippen molar-refractivity contribution in [1.29, 1.82) is 0 Å². The number of ether oxygens (including phenoxy) is 2. The molecule has 0 aromatic heterocycles. The van der Waals surface area contributed by atoms with E-state index in [0.717, 1.165) is 16.1 Å². The lowest BCUT2D eigenvalue weighted by molar-refractivity contribution is -0.120. The topological polar surface area (TPSA) is 84.9 Å². The van der Waals surface area contributed by atoms with Crippen LogP contribution in [0, 0.1) is 0 Å². The van der Waals surface area contributed by atoms with E-state index in [2.05, 4.69) is 5.32 Å². The van der Waals surface area contributed by atoms with Crippen molar-refractivity contribution in [3.05, 3.63) is 54.1 Å². The minimum Gasteiger partial charge on any atom is -0.496 e. The number of carbonyl (C=O) groups excluding carboxylic acids is 1. The molecular formula is C20H26N2O5S. The molecular weight excluding hydrogens is 380 g/mol. The molecule has 0 saturated heterocycles. The third kappa shape index (κ3) is 5.63. The summed E-state index contributed by atoms with van der Waals surface area (Å²) < 4.78 is 36.4. The number of methoxy groups -OCH3 is 1. The molecule has 0 radical (unpaired) electrons. The van der Waals surface area contributed by atoms with E-state index in [0.29, 0.717) is 23.8 Å². The van der Waals surface area contributed by atoms with Gasteiger partial charge >= 0.3 is 0 Å². The van der Waals surface area contributed by atoms with Crippen LogP contribution in [0.25, 0.3) is 0 Å². The van der Waals surface area contributed by atoms with E-state index < -0.39 is 15.9 Å². The molecule has 152 valence electrons. The van der Waals surface area contributed by atoms with E-state index in [9.17, 15) is 13.2 Å². The summed E-state index contributed by atoms with van der Waals surface area (Å²) in [5.74, 6) is 0.766. The summed E-state index contributed by atoms with van der Waals surface area (Å²) in [5.41, 5.74) is 1.18. The van der Waals surface area contributed by atoms with Gasteiger partial charge in [0.15, 0.2) is 0 Å². The Labute approximate surface area is 166 Å². The molecule has 0 aliphatic heterocycles. The van der Waals surface area contributed by atoms with Crippen molar-refractivity contribution in [1.82, 2.24) is 5.32 Å². The molecule has 0 heterocycles. The third-order valence-corrected chi connectivity index (χ3v) is 5.23. The van der Waals surface area contributed by atoms with Crippen LogP contribution in [0.15, 0.2) is 48.5 Å². The standard InChI is InChI=1S/C20H26N2O5S/c1-5-27-17-10-8-9-16(13-17)22(28(4,24)25)14-20(23)21-15(2)18-11-6-7-12-19(18)26-3/h6-13,15H,5,14H2,1-4H3,(H,21,23). The molecule has 0 aliphatic rings. The number of para-hydroxylation sites is 1. The fraction of sp³-hybridized carbons (Fsp3) is 0.350. The highest BCUT2D eigenvalue weighted by Gasteiger charge is 2.23.